The first kappa shape index (κ1) is 17.4. The molecule has 1 aliphatic heterocycles. The van der Waals surface area contributed by atoms with Crippen LogP contribution in [0.3, 0.4) is 0 Å². The van der Waals surface area contributed by atoms with Gasteiger partial charge in [-0.25, -0.2) is 4.39 Å². The summed E-state index contributed by atoms with van der Waals surface area (Å²) < 4.78 is 16.1. The number of para-hydroxylation sites is 1. The van der Waals surface area contributed by atoms with Gasteiger partial charge in [0.25, 0.3) is 5.91 Å². The van der Waals surface area contributed by atoms with Gasteiger partial charge in [-0.15, -0.1) is 0 Å². The predicted octanol–water partition coefficient (Wildman–Crippen LogP) is 3.05. The second-order valence-electron chi connectivity index (χ2n) is 6.63. The molecule has 1 N–H and O–H groups in total. The summed E-state index contributed by atoms with van der Waals surface area (Å²) in [7, 11) is 1.93. The van der Waals surface area contributed by atoms with Gasteiger partial charge in [-0.1, -0.05) is 30.3 Å². The summed E-state index contributed by atoms with van der Waals surface area (Å²) in [4.78, 5) is 14.8. The van der Waals surface area contributed by atoms with E-state index in [4.69, 9.17) is 0 Å². The van der Waals surface area contributed by atoms with Crippen LogP contribution in [-0.2, 0) is 26.6 Å². The Bertz CT molecular complexity index is 968. The zero-order valence-corrected chi connectivity index (χ0v) is 15.2. The van der Waals surface area contributed by atoms with Crippen LogP contribution < -0.4 is 10.2 Å². The number of benzene rings is 2. The molecule has 0 unspecified atom stereocenters. The summed E-state index contributed by atoms with van der Waals surface area (Å²) in [6.07, 6.45) is 0.908. The van der Waals surface area contributed by atoms with Crippen molar-refractivity contribution in [1.29, 1.82) is 0 Å². The predicted molar refractivity (Wildman–Crippen MR) is 102 cm³/mol. The van der Waals surface area contributed by atoms with E-state index in [2.05, 4.69) is 10.4 Å². The lowest BCUT2D eigenvalue weighted by Gasteiger charge is -2.23. The molecule has 3 aromatic rings. The van der Waals surface area contributed by atoms with E-state index in [1.165, 1.54) is 17.8 Å². The fourth-order valence-electron chi connectivity index (χ4n) is 3.55. The first-order valence-electron chi connectivity index (χ1n) is 9.01. The van der Waals surface area contributed by atoms with E-state index in [0.29, 0.717) is 12.2 Å². The van der Waals surface area contributed by atoms with Crippen LogP contribution in [0.2, 0.25) is 0 Å². The van der Waals surface area contributed by atoms with E-state index >= 15 is 0 Å². The molecule has 138 valence electrons. The maximum Gasteiger partial charge on any atom is 0.261 e. The number of nitrogens with one attached hydrogen (secondary N) is 1. The number of rotatable bonds is 4. The minimum absolute atomic E-state index is 0.0595. The van der Waals surface area contributed by atoms with Crippen molar-refractivity contribution in [2.75, 3.05) is 11.4 Å². The standard InChI is InChI=1S/C21H21FN4O/c1-25-20-11-12-23-13-17(20)19(24-25)14-26(15-7-3-2-4-8-15)21(27)16-9-5-6-10-18(16)22/h2-10,23H,11-14H2,1H3. The van der Waals surface area contributed by atoms with E-state index in [1.807, 2.05) is 42.1 Å². The van der Waals surface area contributed by atoms with Crippen molar-refractivity contribution in [3.8, 4) is 0 Å². The molecule has 2 aromatic carbocycles. The minimum Gasteiger partial charge on any atom is -0.312 e. The molecule has 5 nitrogen and oxygen atoms in total. The molecule has 1 aromatic heterocycles. The molecule has 1 amide bonds. The van der Waals surface area contributed by atoms with Crippen LogP contribution in [0, 0.1) is 5.82 Å². The normalized spacial score (nSPS) is 13.3. The average Bonchev–Trinajstić information content (AvgIpc) is 3.02. The number of fused-ring (bicyclic) bond motifs is 1. The summed E-state index contributed by atoms with van der Waals surface area (Å²) in [5, 5.41) is 8.01. The van der Waals surface area contributed by atoms with Crippen molar-refractivity contribution in [1.82, 2.24) is 15.1 Å². The van der Waals surface area contributed by atoms with Crippen molar-refractivity contribution in [2.45, 2.75) is 19.5 Å². The highest BCUT2D eigenvalue weighted by atomic mass is 19.1. The number of hydrogen-bond acceptors (Lipinski definition) is 3. The summed E-state index contributed by atoms with van der Waals surface area (Å²) in [5.41, 5.74) is 3.94. The van der Waals surface area contributed by atoms with Crippen molar-refractivity contribution >= 4 is 11.6 Å². The van der Waals surface area contributed by atoms with E-state index in [9.17, 15) is 9.18 Å². The fourth-order valence-corrected chi connectivity index (χ4v) is 3.55. The number of nitrogens with zero attached hydrogens (tertiary/aromatic N) is 3. The minimum atomic E-state index is -0.520. The van der Waals surface area contributed by atoms with Gasteiger partial charge in [-0.2, -0.15) is 5.10 Å². The second-order valence-corrected chi connectivity index (χ2v) is 6.63. The molecule has 0 atom stereocenters. The Balaban J connectivity index is 1.74. The Kier molecular flexibility index (Phi) is 4.73. The van der Waals surface area contributed by atoms with E-state index in [1.54, 1.807) is 17.0 Å². The molecule has 0 saturated heterocycles. The highest BCUT2D eigenvalue weighted by molar-refractivity contribution is 6.06. The Labute approximate surface area is 157 Å². The molecule has 0 saturated carbocycles. The topological polar surface area (TPSA) is 50.2 Å². The Morgan fingerprint density at radius 2 is 1.93 bits per heavy atom. The van der Waals surface area contributed by atoms with Crippen LogP contribution in [0.5, 0.6) is 0 Å². The van der Waals surface area contributed by atoms with Crippen LogP contribution in [0.4, 0.5) is 10.1 Å². The Hall–Kier alpha value is -2.99. The average molecular weight is 364 g/mol. The SMILES string of the molecule is Cn1nc(CN(C(=O)c2ccccc2F)c2ccccc2)c2c1CCNC2. The molecule has 0 radical (unpaired) electrons. The third kappa shape index (κ3) is 3.36. The van der Waals surface area contributed by atoms with Crippen molar-refractivity contribution in [3.63, 3.8) is 0 Å². The highest BCUT2D eigenvalue weighted by Gasteiger charge is 2.25. The lowest BCUT2D eigenvalue weighted by molar-refractivity contribution is 0.0981. The molecule has 27 heavy (non-hydrogen) atoms. The maximum absolute atomic E-state index is 14.3. The molecular formula is C21H21FN4O. The number of carbonyl (C=O) groups excluding carboxylic acids is 1. The van der Waals surface area contributed by atoms with Crippen LogP contribution >= 0.6 is 0 Å². The monoisotopic (exact) mass is 364 g/mol. The number of halogens is 1. The van der Waals surface area contributed by atoms with Crippen LogP contribution in [0.15, 0.2) is 54.6 Å². The maximum atomic E-state index is 14.3. The fraction of sp³-hybridized carbons (Fsp3) is 0.238. The number of anilines is 1. The van der Waals surface area contributed by atoms with Gasteiger partial charge in [-0.3, -0.25) is 9.48 Å². The first-order valence-corrected chi connectivity index (χ1v) is 9.01. The molecule has 6 heteroatoms. The van der Waals surface area contributed by atoms with Gasteiger partial charge in [0.05, 0.1) is 17.8 Å². The van der Waals surface area contributed by atoms with Gasteiger partial charge < -0.3 is 10.2 Å². The third-order valence-electron chi connectivity index (χ3n) is 4.92. The number of carbonyl (C=O) groups is 1. The van der Waals surface area contributed by atoms with Gasteiger partial charge >= 0.3 is 0 Å². The molecule has 0 aliphatic carbocycles. The Morgan fingerprint density at radius 3 is 2.70 bits per heavy atom. The first-order chi connectivity index (χ1) is 13.1. The highest BCUT2D eigenvalue weighted by Crippen LogP contribution is 2.24. The summed E-state index contributed by atoms with van der Waals surface area (Å²) >= 11 is 0. The summed E-state index contributed by atoms with van der Waals surface area (Å²) in [6, 6.07) is 15.4. The van der Waals surface area contributed by atoms with Gasteiger partial charge in [0.15, 0.2) is 0 Å². The molecule has 2 heterocycles. The lowest BCUT2D eigenvalue weighted by atomic mass is 10.1. The van der Waals surface area contributed by atoms with Crippen molar-refractivity contribution < 1.29 is 9.18 Å². The number of aromatic nitrogens is 2. The molecule has 0 fully saturated rings. The van der Waals surface area contributed by atoms with Crippen LogP contribution in [0.1, 0.15) is 27.3 Å². The molecule has 0 spiro atoms. The summed E-state index contributed by atoms with van der Waals surface area (Å²) in [6.45, 7) is 1.94. The Morgan fingerprint density at radius 1 is 1.19 bits per heavy atom. The van der Waals surface area contributed by atoms with Crippen molar-refractivity contribution in [2.24, 2.45) is 7.05 Å². The number of aryl methyl sites for hydroxylation is 1. The molecular weight excluding hydrogens is 343 g/mol. The van der Waals surface area contributed by atoms with Gasteiger partial charge in [-0.05, 0) is 24.3 Å². The smallest absolute Gasteiger partial charge is 0.261 e. The van der Waals surface area contributed by atoms with Gasteiger partial charge in [0.1, 0.15) is 5.82 Å². The van der Waals surface area contributed by atoms with Gasteiger partial charge in [0, 0.05) is 43.5 Å². The molecule has 0 bridgehead atoms. The third-order valence-corrected chi connectivity index (χ3v) is 4.92. The number of amides is 1. The molecule has 1 aliphatic rings. The number of hydrogen-bond donors (Lipinski definition) is 1. The second kappa shape index (κ2) is 7.32. The molecule has 4 rings (SSSR count). The lowest BCUT2D eigenvalue weighted by Crippen LogP contribution is -2.32. The zero-order valence-electron chi connectivity index (χ0n) is 15.2. The van der Waals surface area contributed by atoms with Crippen molar-refractivity contribution in [3.05, 3.63) is 82.9 Å². The van der Waals surface area contributed by atoms with Gasteiger partial charge in [0.2, 0.25) is 0 Å². The van der Waals surface area contributed by atoms with E-state index in [0.717, 1.165) is 30.8 Å². The largest absolute Gasteiger partial charge is 0.312 e. The van der Waals surface area contributed by atoms with Crippen LogP contribution in [-0.4, -0.2) is 22.2 Å². The quantitative estimate of drug-likeness (QED) is 0.774. The zero-order chi connectivity index (χ0) is 18.8. The summed E-state index contributed by atoms with van der Waals surface area (Å²) in [5.74, 6) is -0.893. The van der Waals surface area contributed by atoms with E-state index in [-0.39, 0.29) is 11.5 Å². The van der Waals surface area contributed by atoms with Crippen LogP contribution in [0.25, 0.3) is 0 Å². The van der Waals surface area contributed by atoms with E-state index < -0.39 is 5.82 Å².